The van der Waals surface area contributed by atoms with Crippen LogP contribution < -0.4 is 5.73 Å². The van der Waals surface area contributed by atoms with Crippen LogP contribution in [0.3, 0.4) is 0 Å². The lowest BCUT2D eigenvalue weighted by atomic mass is 10.4. The van der Waals surface area contributed by atoms with Crippen LogP contribution in [0.1, 0.15) is 0 Å². The average Bonchev–Trinajstić information content (AvgIpc) is 2.05. The first-order valence-corrected chi connectivity index (χ1v) is 5.57. The first-order chi connectivity index (χ1) is 5.27. The number of anilines is 1. The molecule has 0 bridgehead atoms. The van der Waals surface area contributed by atoms with Crippen molar-refractivity contribution >= 4 is 29.2 Å². The molecule has 0 unspecified atom stereocenters. The van der Waals surface area contributed by atoms with E-state index in [1.807, 2.05) is 24.6 Å². The van der Waals surface area contributed by atoms with Gasteiger partial charge in [0, 0.05) is 0 Å². The summed E-state index contributed by atoms with van der Waals surface area (Å²) in [6, 6.07) is 3.82. The van der Waals surface area contributed by atoms with Gasteiger partial charge in [-0.25, -0.2) is 4.98 Å². The molecule has 60 valence electrons. The number of rotatable bonds is 2. The van der Waals surface area contributed by atoms with Crippen LogP contribution in [0, 0.1) is 0 Å². The number of nitrogens with zero attached hydrogens (tertiary/aromatic N) is 1. The third-order valence-corrected chi connectivity index (χ3v) is 2.63. The summed E-state index contributed by atoms with van der Waals surface area (Å²) in [7, 11) is 0. The van der Waals surface area contributed by atoms with Gasteiger partial charge in [0.05, 0.1) is 10.7 Å². The van der Waals surface area contributed by atoms with E-state index in [1.165, 1.54) is 0 Å². The van der Waals surface area contributed by atoms with Crippen LogP contribution in [0.5, 0.6) is 0 Å². The summed E-state index contributed by atoms with van der Waals surface area (Å²) in [6.45, 7) is 0. The second kappa shape index (κ2) is 3.88. The lowest BCUT2D eigenvalue weighted by Crippen LogP contribution is -1.91. The molecule has 11 heavy (non-hydrogen) atoms. The molecular formula is C7H10N2S2. The molecule has 0 saturated carbocycles. The molecule has 1 rings (SSSR count). The molecule has 2 N–H and O–H groups in total. The quantitative estimate of drug-likeness (QED) is 0.718. The van der Waals surface area contributed by atoms with Crippen LogP contribution in [-0.2, 0) is 0 Å². The highest BCUT2D eigenvalue weighted by molar-refractivity contribution is 7.99. The Morgan fingerprint density at radius 2 is 2.00 bits per heavy atom. The van der Waals surface area contributed by atoms with Crippen molar-refractivity contribution in [2.75, 3.05) is 18.2 Å². The van der Waals surface area contributed by atoms with Gasteiger partial charge >= 0.3 is 0 Å². The Labute approximate surface area is 75.0 Å². The van der Waals surface area contributed by atoms with Crippen molar-refractivity contribution in [1.82, 2.24) is 4.98 Å². The lowest BCUT2D eigenvalue weighted by molar-refractivity contribution is 1.02. The molecule has 0 aliphatic heterocycles. The smallest absolute Gasteiger partial charge is 0.120 e. The van der Waals surface area contributed by atoms with Gasteiger partial charge < -0.3 is 5.73 Å². The number of aromatic nitrogens is 1. The van der Waals surface area contributed by atoms with Gasteiger partial charge in [-0.2, -0.15) is 0 Å². The van der Waals surface area contributed by atoms with Crippen molar-refractivity contribution in [3.63, 3.8) is 0 Å². The molecule has 0 amide bonds. The molecule has 4 heteroatoms. The van der Waals surface area contributed by atoms with Crippen molar-refractivity contribution in [1.29, 1.82) is 0 Å². The van der Waals surface area contributed by atoms with Gasteiger partial charge in [0.2, 0.25) is 0 Å². The van der Waals surface area contributed by atoms with E-state index < -0.39 is 0 Å². The molecule has 2 nitrogen and oxygen atoms in total. The predicted octanol–water partition coefficient (Wildman–Crippen LogP) is 2.11. The maximum Gasteiger partial charge on any atom is 0.120 e. The molecule has 1 heterocycles. The zero-order chi connectivity index (χ0) is 8.27. The topological polar surface area (TPSA) is 38.9 Å². The number of nitrogens with two attached hydrogens (primary N) is 1. The highest BCUT2D eigenvalue weighted by Gasteiger charge is 1.99. The molecule has 0 aliphatic carbocycles. The molecule has 0 fully saturated rings. The maximum atomic E-state index is 5.66. The molecule has 0 aromatic carbocycles. The van der Waals surface area contributed by atoms with Crippen LogP contribution >= 0.6 is 23.5 Å². The molecule has 1 aromatic heterocycles. The second-order valence-corrected chi connectivity index (χ2v) is 3.57. The van der Waals surface area contributed by atoms with Gasteiger partial charge in [-0.05, 0) is 24.6 Å². The van der Waals surface area contributed by atoms with E-state index in [0.29, 0.717) is 0 Å². The molecule has 1 aromatic rings. The fourth-order valence-electron chi connectivity index (χ4n) is 0.711. The first-order valence-electron chi connectivity index (χ1n) is 3.12. The number of nitrogen functional groups attached to an aromatic ring is 1. The Morgan fingerprint density at radius 1 is 1.27 bits per heavy atom. The third kappa shape index (κ3) is 2.04. The molecule has 0 saturated heterocycles. The summed E-state index contributed by atoms with van der Waals surface area (Å²) in [6.07, 6.45) is 3.98. The minimum atomic E-state index is 0.760. The Bertz CT molecular complexity index is 250. The largest absolute Gasteiger partial charge is 0.397 e. The van der Waals surface area contributed by atoms with Crippen molar-refractivity contribution in [3.8, 4) is 0 Å². The highest BCUT2D eigenvalue weighted by atomic mass is 32.2. The maximum absolute atomic E-state index is 5.66. The Morgan fingerprint density at radius 3 is 2.55 bits per heavy atom. The van der Waals surface area contributed by atoms with Crippen LogP contribution in [-0.4, -0.2) is 17.5 Å². The van der Waals surface area contributed by atoms with Gasteiger partial charge in [0.25, 0.3) is 0 Å². The van der Waals surface area contributed by atoms with E-state index in [2.05, 4.69) is 4.98 Å². The summed E-state index contributed by atoms with van der Waals surface area (Å²) in [5, 5.41) is 1.93. The first kappa shape index (κ1) is 8.74. The highest BCUT2D eigenvalue weighted by Crippen LogP contribution is 2.23. The number of pyridine rings is 1. The molecule has 0 spiro atoms. The summed E-state index contributed by atoms with van der Waals surface area (Å²) in [5.74, 6) is 0. The minimum Gasteiger partial charge on any atom is -0.397 e. The van der Waals surface area contributed by atoms with Crippen LogP contribution in [0.4, 0.5) is 5.69 Å². The summed E-state index contributed by atoms with van der Waals surface area (Å²) in [4.78, 5) is 4.31. The minimum absolute atomic E-state index is 0.760. The molecular weight excluding hydrogens is 176 g/mol. The van der Waals surface area contributed by atoms with E-state index in [4.69, 9.17) is 5.73 Å². The standard InChI is InChI=1S/C7H10N2S2/c1-10-6-4-3-5(8)7(9-6)11-2/h3-4H,8H2,1-2H3. The SMILES string of the molecule is CSc1ccc(N)c(SC)n1. The monoisotopic (exact) mass is 186 g/mol. The van der Waals surface area contributed by atoms with Gasteiger partial charge in [0.15, 0.2) is 0 Å². The number of thioether (sulfide) groups is 2. The molecule has 0 atom stereocenters. The van der Waals surface area contributed by atoms with E-state index in [9.17, 15) is 0 Å². The van der Waals surface area contributed by atoms with Crippen LogP contribution in [0.15, 0.2) is 22.2 Å². The zero-order valence-corrected chi connectivity index (χ0v) is 8.13. The Kier molecular flexibility index (Phi) is 3.08. The normalized spacial score (nSPS) is 10.0. The number of hydrogen-bond acceptors (Lipinski definition) is 4. The van der Waals surface area contributed by atoms with Gasteiger partial charge in [-0.1, -0.05) is 0 Å². The van der Waals surface area contributed by atoms with E-state index in [-0.39, 0.29) is 0 Å². The van der Waals surface area contributed by atoms with Crippen molar-refractivity contribution in [2.24, 2.45) is 0 Å². The second-order valence-electron chi connectivity index (χ2n) is 1.95. The van der Waals surface area contributed by atoms with Crippen molar-refractivity contribution in [2.45, 2.75) is 10.1 Å². The fraction of sp³-hybridized carbons (Fsp3) is 0.286. The summed E-state index contributed by atoms with van der Waals surface area (Å²) in [5.41, 5.74) is 6.42. The van der Waals surface area contributed by atoms with E-state index >= 15 is 0 Å². The van der Waals surface area contributed by atoms with Crippen molar-refractivity contribution < 1.29 is 0 Å². The zero-order valence-electron chi connectivity index (χ0n) is 6.50. The number of hydrogen-bond donors (Lipinski definition) is 1. The summed E-state index contributed by atoms with van der Waals surface area (Å²) >= 11 is 3.20. The summed E-state index contributed by atoms with van der Waals surface area (Å²) < 4.78 is 0. The van der Waals surface area contributed by atoms with Crippen molar-refractivity contribution in [3.05, 3.63) is 12.1 Å². The van der Waals surface area contributed by atoms with E-state index in [1.54, 1.807) is 23.5 Å². The van der Waals surface area contributed by atoms with Gasteiger partial charge in [0.1, 0.15) is 5.03 Å². The Balaban J connectivity index is 3.02. The van der Waals surface area contributed by atoms with Gasteiger partial charge in [-0.3, -0.25) is 0 Å². The fourth-order valence-corrected chi connectivity index (χ4v) is 1.65. The molecule has 0 aliphatic rings. The van der Waals surface area contributed by atoms with E-state index in [0.717, 1.165) is 15.7 Å². The van der Waals surface area contributed by atoms with Crippen LogP contribution in [0.2, 0.25) is 0 Å². The third-order valence-electron chi connectivity index (χ3n) is 1.27. The van der Waals surface area contributed by atoms with Gasteiger partial charge in [-0.15, -0.1) is 23.5 Å². The average molecular weight is 186 g/mol. The predicted molar refractivity (Wildman–Crippen MR) is 52.2 cm³/mol. The molecule has 0 radical (unpaired) electrons. The lowest BCUT2D eigenvalue weighted by Gasteiger charge is -2.01. The Hall–Kier alpha value is -0.350. The van der Waals surface area contributed by atoms with Crippen LogP contribution in [0.25, 0.3) is 0 Å².